The zero-order valence-corrected chi connectivity index (χ0v) is 15.1. The van der Waals surface area contributed by atoms with Gasteiger partial charge in [0, 0.05) is 13.6 Å². The third-order valence-electron chi connectivity index (χ3n) is 4.44. The molecule has 130 valence electrons. The molecule has 0 radical (unpaired) electrons. The maximum atomic E-state index is 12.3. The summed E-state index contributed by atoms with van der Waals surface area (Å²) in [5.41, 5.74) is 1.18. The summed E-state index contributed by atoms with van der Waals surface area (Å²) in [5, 5.41) is 3.43. The maximum Gasteiger partial charge on any atom is 0.236 e. The molecule has 0 saturated carbocycles. The second-order valence-corrected chi connectivity index (χ2v) is 6.26. The van der Waals surface area contributed by atoms with Crippen molar-refractivity contribution in [1.29, 1.82) is 0 Å². The van der Waals surface area contributed by atoms with Crippen LogP contribution in [0.4, 0.5) is 0 Å². The van der Waals surface area contributed by atoms with E-state index < -0.39 is 0 Å². The summed E-state index contributed by atoms with van der Waals surface area (Å²) in [6, 6.07) is 10.2. The molecule has 0 unspecified atom stereocenters. The molecular weight excluding hydrogens is 310 g/mol. The van der Waals surface area contributed by atoms with E-state index in [0.29, 0.717) is 13.1 Å². The van der Waals surface area contributed by atoms with Gasteiger partial charge < -0.3 is 10.2 Å². The Bertz CT molecular complexity index is 447. The van der Waals surface area contributed by atoms with Crippen molar-refractivity contribution >= 4 is 18.3 Å². The molecule has 0 spiro atoms. The van der Waals surface area contributed by atoms with Gasteiger partial charge in [0.1, 0.15) is 0 Å². The molecule has 1 N–H and O–H groups in total. The standard InChI is InChI=1S/C18H29N3O.ClH/c1-3-19-13-16-9-11-21(12-10-16)15-18(22)20(2)14-17-7-5-4-6-8-17;/h4-8,16,19H,3,9-15H2,1-2H3;1H. The number of rotatable bonds is 7. The molecular formula is C18H30ClN3O. The van der Waals surface area contributed by atoms with Crippen LogP contribution < -0.4 is 5.32 Å². The highest BCUT2D eigenvalue weighted by molar-refractivity contribution is 5.85. The minimum Gasteiger partial charge on any atom is -0.340 e. The fraction of sp³-hybridized carbons (Fsp3) is 0.611. The number of nitrogens with one attached hydrogen (secondary N) is 1. The topological polar surface area (TPSA) is 35.6 Å². The van der Waals surface area contributed by atoms with Crippen molar-refractivity contribution in [1.82, 2.24) is 15.1 Å². The average Bonchev–Trinajstić information content (AvgIpc) is 2.55. The summed E-state index contributed by atoms with van der Waals surface area (Å²) in [6.07, 6.45) is 2.39. The normalized spacial score (nSPS) is 15.9. The van der Waals surface area contributed by atoms with Crippen LogP contribution in [0.1, 0.15) is 25.3 Å². The molecule has 0 bridgehead atoms. The minimum absolute atomic E-state index is 0. The van der Waals surface area contributed by atoms with Gasteiger partial charge >= 0.3 is 0 Å². The van der Waals surface area contributed by atoms with Crippen molar-refractivity contribution in [2.45, 2.75) is 26.3 Å². The Morgan fingerprint density at radius 2 is 1.91 bits per heavy atom. The van der Waals surface area contributed by atoms with Gasteiger partial charge in [0.15, 0.2) is 0 Å². The second kappa shape index (κ2) is 10.6. The van der Waals surface area contributed by atoms with E-state index in [1.54, 1.807) is 0 Å². The van der Waals surface area contributed by atoms with Gasteiger partial charge in [-0.25, -0.2) is 0 Å². The third kappa shape index (κ3) is 6.90. The molecule has 1 fully saturated rings. The van der Waals surface area contributed by atoms with Crippen molar-refractivity contribution in [2.24, 2.45) is 5.92 Å². The quantitative estimate of drug-likeness (QED) is 0.828. The molecule has 1 heterocycles. The monoisotopic (exact) mass is 339 g/mol. The van der Waals surface area contributed by atoms with E-state index in [9.17, 15) is 4.79 Å². The predicted molar refractivity (Wildman–Crippen MR) is 97.9 cm³/mol. The fourth-order valence-electron chi connectivity index (χ4n) is 2.95. The summed E-state index contributed by atoms with van der Waals surface area (Å²) in [4.78, 5) is 16.5. The fourth-order valence-corrected chi connectivity index (χ4v) is 2.95. The van der Waals surface area contributed by atoms with E-state index in [-0.39, 0.29) is 18.3 Å². The van der Waals surface area contributed by atoms with Gasteiger partial charge in [-0.2, -0.15) is 0 Å². The van der Waals surface area contributed by atoms with E-state index in [1.165, 1.54) is 18.4 Å². The van der Waals surface area contributed by atoms with Crippen LogP contribution in [0.2, 0.25) is 0 Å². The lowest BCUT2D eigenvalue weighted by Gasteiger charge is -2.32. The van der Waals surface area contributed by atoms with E-state index in [1.807, 2.05) is 30.1 Å². The number of carbonyl (C=O) groups excluding carboxylic acids is 1. The lowest BCUT2D eigenvalue weighted by atomic mass is 9.97. The number of hydrogen-bond acceptors (Lipinski definition) is 3. The predicted octanol–water partition coefficient (Wildman–Crippen LogP) is 2.39. The number of carbonyl (C=O) groups is 1. The molecule has 1 aromatic rings. The molecule has 0 atom stereocenters. The summed E-state index contributed by atoms with van der Waals surface area (Å²) in [7, 11) is 1.90. The Kier molecular flexibility index (Phi) is 9.22. The number of halogens is 1. The van der Waals surface area contributed by atoms with Crippen molar-refractivity contribution in [2.75, 3.05) is 39.8 Å². The van der Waals surface area contributed by atoms with Gasteiger partial charge in [-0.1, -0.05) is 37.3 Å². The Morgan fingerprint density at radius 1 is 1.26 bits per heavy atom. The molecule has 2 rings (SSSR count). The van der Waals surface area contributed by atoms with Crippen molar-refractivity contribution in [3.05, 3.63) is 35.9 Å². The first kappa shape index (κ1) is 19.9. The number of nitrogens with zero attached hydrogens (tertiary/aromatic N) is 2. The molecule has 1 amide bonds. The molecule has 1 aromatic carbocycles. The lowest BCUT2D eigenvalue weighted by molar-refractivity contribution is -0.132. The van der Waals surface area contributed by atoms with Gasteiger partial charge in [0.25, 0.3) is 0 Å². The molecule has 1 saturated heterocycles. The van der Waals surface area contributed by atoms with E-state index >= 15 is 0 Å². The maximum absolute atomic E-state index is 12.3. The average molecular weight is 340 g/mol. The van der Waals surface area contributed by atoms with Crippen LogP contribution in [0, 0.1) is 5.92 Å². The highest BCUT2D eigenvalue weighted by Crippen LogP contribution is 2.16. The summed E-state index contributed by atoms with van der Waals surface area (Å²) in [6.45, 7) is 7.64. The summed E-state index contributed by atoms with van der Waals surface area (Å²) >= 11 is 0. The Hall–Kier alpha value is -1.10. The number of benzene rings is 1. The van der Waals surface area contributed by atoms with E-state index in [4.69, 9.17) is 0 Å². The van der Waals surface area contributed by atoms with Crippen LogP contribution in [-0.2, 0) is 11.3 Å². The van der Waals surface area contributed by atoms with Gasteiger partial charge in [0.05, 0.1) is 6.54 Å². The first-order valence-corrected chi connectivity index (χ1v) is 8.40. The second-order valence-electron chi connectivity index (χ2n) is 6.26. The molecule has 1 aliphatic rings. The van der Waals surface area contributed by atoms with Crippen molar-refractivity contribution < 1.29 is 4.79 Å². The Labute approximate surface area is 146 Å². The van der Waals surface area contributed by atoms with Crippen molar-refractivity contribution in [3.63, 3.8) is 0 Å². The number of hydrogen-bond donors (Lipinski definition) is 1. The van der Waals surface area contributed by atoms with E-state index in [0.717, 1.165) is 32.1 Å². The first-order valence-electron chi connectivity index (χ1n) is 8.40. The Morgan fingerprint density at radius 3 is 2.52 bits per heavy atom. The molecule has 1 aliphatic heterocycles. The first-order chi connectivity index (χ1) is 10.7. The smallest absolute Gasteiger partial charge is 0.236 e. The van der Waals surface area contributed by atoms with Crippen molar-refractivity contribution in [3.8, 4) is 0 Å². The number of likely N-dealkylation sites (N-methyl/N-ethyl adjacent to an activating group) is 1. The number of likely N-dealkylation sites (tertiary alicyclic amines) is 1. The van der Waals surface area contributed by atoms with Gasteiger partial charge in [0.2, 0.25) is 5.91 Å². The minimum atomic E-state index is 0. The zero-order valence-electron chi connectivity index (χ0n) is 14.3. The highest BCUT2D eigenvalue weighted by Gasteiger charge is 2.21. The van der Waals surface area contributed by atoms with Crippen LogP contribution >= 0.6 is 12.4 Å². The van der Waals surface area contributed by atoms with Crippen LogP contribution in [0.15, 0.2) is 30.3 Å². The van der Waals surface area contributed by atoms with Gasteiger partial charge in [-0.15, -0.1) is 12.4 Å². The zero-order chi connectivity index (χ0) is 15.8. The molecule has 0 aliphatic carbocycles. The van der Waals surface area contributed by atoms with Crippen LogP contribution in [-0.4, -0.2) is 55.5 Å². The Balaban J connectivity index is 0.00000264. The molecule has 0 aromatic heterocycles. The van der Waals surface area contributed by atoms with Crippen LogP contribution in [0.25, 0.3) is 0 Å². The number of piperidine rings is 1. The van der Waals surface area contributed by atoms with Gasteiger partial charge in [-0.05, 0) is 50.5 Å². The lowest BCUT2D eigenvalue weighted by Crippen LogP contribution is -2.43. The SMILES string of the molecule is CCNCC1CCN(CC(=O)N(C)Cc2ccccc2)CC1.Cl. The van der Waals surface area contributed by atoms with Crippen LogP contribution in [0.5, 0.6) is 0 Å². The summed E-state index contributed by atoms with van der Waals surface area (Å²) < 4.78 is 0. The molecule has 23 heavy (non-hydrogen) atoms. The molecule has 5 heteroatoms. The third-order valence-corrected chi connectivity index (χ3v) is 4.44. The highest BCUT2D eigenvalue weighted by atomic mass is 35.5. The van der Waals surface area contributed by atoms with Crippen LogP contribution in [0.3, 0.4) is 0 Å². The number of amides is 1. The van der Waals surface area contributed by atoms with E-state index in [2.05, 4.69) is 29.3 Å². The van der Waals surface area contributed by atoms with Gasteiger partial charge in [-0.3, -0.25) is 9.69 Å². The molecule has 4 nitrogen and oxygen atoms in total. The summed E-state index contributed by atoms with van der Waals surface area (Å²) in [5.74, 6) is 0.988. The largest absolute Gasteiger partial charge is 0.340 e.